The monoisotopic (exact) mass is 201 g/mol. The SMILES string of the molecule is CCc1ncc(C)c(C)c1-c1ncc[nH]1. The van der Waals surface area contributed by atoms with E-state index in [-0.39, 0.29) is 0 Å². The maximum Gasteiger partial charge on any atom is 0.139 e. The molecule has 0 bridgehead atoms. The van der Waals surface area contributed by atoms with Crippen LogP contribution in [0.1, 0.15) is 23.7 Å². The highest BCUT2D eigenvalue weighted by Crippen LogP contribution is 2.25. The molecule has 78 valence electrons. The van der Waals surface area contributed by atoms with Gasteiger partial charge in [-0.15, -0.1) is 0 Å². The van der Waals surface area contributed by atoms with Crippen LogP contribution in [-0.4, -0.2) is 15.0 Å². The molecule has 2 heterocycles. The van der Waals surface area contributed by atoms with Gasteiger partial charge in [0.25, 0.3) is 0 Å². The summed E-state index contributed by atoms with van der Waals surface area (Å²) in [4.78, 5) is 11.9. The number of aromatic amines is 1. The molecule has 2 aromatic heterocycles. The Kier molecular flexibility index (Phi) is 2.54. The van der Waals surface area contributed by atoms with Crippen LogP contribution in [0.4, 0.5) is 0 Å². The minimum absolute atomic E-state index is 0.917. The van der Waals surface area contributed by atoms with E-state index in [1.165, 1.54) is 11.1 Å². The summed E-state index contributed by atoms with van der Waals surface area (Å²) in [6, 6.07) is 0. The predicted octanol–water partition coefficient (Wildman–Crippen LogP) is 2.65. The third-order valence-corrected chi connectivity index (χ3v) is 2.74. The molecular weight excluding hydrogens is 186 g/mol. The molecule has 1 N–H and O–H groups in total. The van der Waals surface area contributed by atoms with E-state index in [4.69, 9.17) is 0 Å². The smallest absolute Gasteiger partial charge is 0.139 e. The third kappa shape index (κ3) is 1.65. The van der Waals surface area contributed by atoms with Crippen molar-refractivity contribution >= 4 is 0 Å². The van der Waals surface area contributed by atoms with Gasteiger partial charge in [0.2, 0.25) is 0 Å². The van der Waals surface area contributed by atoms with E-state index in [1.807, 2.05) is 12.4 Å². The molecule has 0 aliphatic rings. The summed E-state index contributed by atoms with van der Waals surface area (Å²) in [5.41, 5.74) is 4.73. The van der Waals surface area contributed by atoms with Gasteiger partial charge in [0.15, 0.2) is 0 Å². The van der Waals surface area contributed by atoms with E-state index < -0.39 is 0 Å². The summed E-state index contributed by atoms with van der Waals surface area (Å²) in [6.45, 7) is 6.31. The number of hydrogen-bond donors (Lipinski definition) is 1. The lowest BCUT2D eigenvalue weighted by Gasteiger charge is -2.10. The van der Waals surface area contributed by atoms with Crippen molar-refractivity contribution in [3.63, 3.8) is 0 Å². The first-order chi connectivity index (χ1) is 7.24. The van der Waals surface area contributed by atoms with Crippen LogP contribution in [0.2, 0.25) is 0 Å². The van der Waals surface area contributed by atoms with Crippen molar-refractivity contribution in [1.82, 2.24) is 15.0 Å². The lowest BCUT2D eigenvalue weighted by atomic mass is 10.0. The Morgan fingerprint density at radius 3 is 2.67 bits per heavy atom. The standard InChI is InChI=1S/C12H15N3/c1-4-10-11(12-13-5-6-14-12)9(3)8(2)7-15-10/h5-7H,4H2,1-3H3,(H,13,14). The molecular formula is C12H15N3. The lowest BCUT2D eigenvalue weighted by Crippen LogP contribution is -1.99. The highest BCUT2D eigenvalue weighted by Gasteiger charge is 2.11. The Hall–Kier alpha value is -1.64. The summed E-state index contributed by atoms with van der Waals surface area (Å²) >= 11 is 0. The first-order valence-corrected chi connectivity index (χ1v) is 5.18. The normalized spacial score (nSPS) is 10.6. The van der Waals surface area contributed by atoms with Crippen LogP contribution in [0.3, 0.4) is 0 Å². The molecule has 0 saturated carbocycles. The van der Waals surface area contributed by atoms with Gasteiger partial charge in [0.1, 0.15) is 5.82 Å². The summed E-state index contributed by atoms with van der Waals surface area (Å²) in [5, 5.41) is 0. The van der Waals surface area contributed by atoms with E-state index in [0.717, 1.165) is 23.5 Å². The van der Waals surface area contributed by atoms with Crippen molar-refractivity contribution in [3.8, 4) is 11.4 Å². The minimum atomic E-state index is 0.917. The van der Waals surface area contributed by atoms with Crippen LogP contribution in [0.25, 0.3) is 11.4 Å². The van der Waals surface area contributed by atoms with Gasteiger partial charge in [-0.3, -0.25) is 4.98 Å². The summed E-state index contributed by atoms with van der Waals surface area (Å²) in [5.74, 6) is 0.917. The van der Waals surface area contributed by atoms with Crippen LogP contribution in [0.5, 0.6) is 0 Å². The van der Waals surface area contributed by atoms with E-state index in [9.17, 15) is 0 Å². The van der Waals surface area contributed by atoms with E-state index in [2.05, 4.69) is 35.7 Å². The van der Waals surface area contributed by atoms with Crippen molar-refractivity contribution in [2.75, 3.05) is 0 Å². The average Bonchev–Trinajstić information content (AvgIpc) is 2.75. The maximum absolute atomic E-state index is 4.45. The molecule has 0 fully saturated rings. The highest BCUT2D eigenvalue weighted by atomic mass is 14.9. The molecule has 2 rings (SSSR count). The van der Waals surface area contributed by atoms with Crippen LogP contribution in [-0.2, 0) is 6.42 Å². The molecule has 0 amide bonds. The van der Waals surface area contributed by atoms with Crippen molar-refractivity contribution in [3.05, 3.63) is 35.4 Å². The van der Waals surface area contributed by atoms with Gasteiger partial charge >= 0.3 is 0 Å². The molecule has 3 heteroatoms. The first kappa shape index (κ1) is 9.90. The average molecular weight is 201 g/mol. The van der Waals surface area contributed by atoms with E-state index >= 15 is 0 Å². The van der Waals surface area contributed by atoms with Crippen molar-refractivity contribution in [2.24, 2.45) is 0 Å². The Morgan fingerprint density at radius 2 is 2.07 bits per heavy atom. The van der Waals surface area contributed by atoms with Crippen LogP contribution < -0.4 is 0 Å². The molecule has 0 aliphatic heterocycles. The Balaban J connectivity index is 2.67. The second-order valence-electron chi connectivity index (χ2n) is 3.68. The molecule has 0 spiro atoms. The van der Waals surface area contributed by atoms with E-state index in [1.54, 1.807) is 6.20 Å². The zero-order chi connectivity index (χ0) is 10.8. The van der Waals surface area contributed by atoms with Gasteiger partial charge in [-0.2, -0.15) is 0 Å². The molecule has 15 heavy (non-hydrogen) atoms. The molecule has 0 saturated heterocycles. The number of pyridine rings is 1. The molecule has 0 aromatic carbocycles. The first-order valence-electron chi connectivity index (χ1n) is 5.18. The molecule has 3 nitrogen and oxygen atoms in total. The zero-order valence-electron chi connectivity index (χ0n) is 9.33. The Morgan fingerprint density at radius 1 is 1.27 bits per heavy atom. The van der Waals surface area contributed by atoms with Gasteiger partial charge in [-0.05, 0) is 31.4 Å². The van der Waals surface area contributed by atoms with Crippen molar-refractivity contribution in [2.45, 2.75) is 27.2 Å². The molecule has 0 aliphatic carbocycles. The van der Waals surface area contributed by atoms with Crippen LogP contribution in [0, 0.1) is 13.8 Å². The Labute approximate surface area is 89.6 Å². The van der Waals surface area contributed by atoms with E-state index in [0.29, 0.717) is 0 Å². The number of imidazole rings is 1. The number of H-pyrrole nitrogens is 1. The number of nitrogens with zero attached hydrogens (tertiary/aromatic N) is 2. The topological polar surface area (TPSA) is 41.6 Å². The van der Waals surface area contributed by atoms with Crippen LogP contribution >= 0.6 is 0 Å². The number of nitrogens with one attached hydrogen (secondary N) is 1. The molecule has 0 unspecified atom stereocenters. The highest BCUT2D eigenvalue weighted by molar-refractivity contribution is 5.64. The zero-order valence-corrected chi connectivity index (χ0v) is 9.33. The van der Waals surface area contributed by atoms with Gasteiger partial charge in [-0.1, -0.05) is 6.92 Å². The second-order valence-corrected chi connectivity index (χ2v) is 3.68. The third-order valence-electron chi connectivity index (χ3n) is 2.74. The van der Waals surface area contributed by atoms with Crippen molar-refractivity contribution in [1.29, 1.82) is 0 Å². The fraction of sp³-hybridized carbons (Fsp3) is 0.333. The number of hydrogen-bond acceptors (Lipinski definition) is 2. The predicted molar refractivity (Wildman–Crippen MR) is 60.7 cm³/mol. The molecule has 0 atom stereocenters. The maximum atomic E-state index is 4.45. The quantitative estimate of drug-likeness (QED) is 0.811. The lowest BCUT2D eigenvalue weighted by molar-refractivity contribution is 1.01. The number of rotatable bonds is 2. The van der Waals surface area contributed by atoms with Crippen molar-refractivity contribution < 1.29 is 0 Å². The summed E-state index contributed by atoms with van der Waals surface area (Å²) in [6.07, 6.45) is 6.48. The largest absolute Gasteiger partial charge is 0.345 e. The molecule has 0 radical (unpaired) electrons. The van der Waals surface area contributed by atoms with Gasteiger partial charge in [-0.25, -0.2) is 4.98 Å². The number of aromatic nitrogens is 3. The van der Waals surface area contributed by atoms with Gasteiger partial charge in [0, 0.05) is 24.2 Å². The minimum Gasteiger partial charge on any atom is -0.345 e. The second kappa shape index (κ2) is 3.85. The fourth-order valence-corrected chi connectivity index (χ4v) is 1.73. The molecule has 2 aromatic rings. The Bertz CT molecular complexity index is 458. The number of aryl methyl sites for hydroxylation is 2. The van der Waals surface area contributed by atoms with Gasteiger partial charge in [0.05, 0.1) is 5.69 Å². The van der Waals surface area contributed by atoms with Gasteiger partial charge < -0.3 is 4.98 Å². The van der Waals surface area contributed by atoms with Crippen LogP contribution in [0.15, 0.2) is 18.6 Å². The summed E-state index contributed by atoms with van der Waals surface area (Å²) < 4.78 is 0. The summed E-state index contributed by atoms with van der Waals surface area (Å²) in [7, 11) is 0. The fourth-order valence-electron chi connectivity index (χ4n) is 1.73.